The fraction of sp³-hybridized carbons (Fsp3) is 0.222. The summed E-state index contributed by atoms with van der Waals surface area (Å²) in [7, 11) is -5.10. The second-order valence-electron chi connectivity index (χ2n) is 5.31. The zero-order chi connectivity index (χ0) is 21.2. The molecule has 0 bridgehead atoms. The minimum atomic E-state index is -5.10. The maximum atomic E-state index is 13.3. The van der Waals surface area contributed by atoms with Crippen molar-refractivity contribution < 1.29 is 48.9 Å². The van der Waals surface area contributed by atoms with E-state index in [0.29, 0.717) is 6.42 Å². The van der Waals surface area contributed by atoms with E-state index in [1.165, 1.54) is 12.1 Å². The van der Waals surface area contributed by atoms with Gasteiger partial charge in [-0.25, -0.2) is 0 Å². The van der Waals surface area contributed by atoms with E-state index in [2.05, 4.69) is 17.2 Å². The maximum Gasteiger partial charge on any atom is 1.00 e. The van der Waals surface area contributed by atoms with Gasteiger partial charge in [0, 0.05) is 11.6 Å². The average Bonchev–Trinajstić information content (AvgIpc) is 2.60. The van der Waals surface area contributed by atoms with Gasteiger partial charge < -0.3 is 27.0 Å². The number of rotatable bonds is 8. The van der Waals surface area contributed by atoms with Crippen molar-refractivity contribution in [1.29, 1.82) is 0 Å². The topological polar surface area (TPSA) is 101 Å². The molecular formula is C18H18F3LiN2O4S-2. The Morgan fingerprint density at radius 1 is 1.14 bits per heavy atom. The zero-order valence-electron chi connectivity index (χ0n) is 15.7. The molecular weight excluding hydrogens is 404 g/mol. The molecule has 6 nitrogen and oxygen atoms in total. The molecule has 2 N–H and O–H groups in total. The summed E-state index contributed by atoms with van der Waals surface area (Å²) < 4.78 is 68.6. The number of hydrogen-bond acceptors (Lipinski definition) is 4. The molecule has 0 heterocycles. The van der Waals surface area contributed by atoms with E-state index in [1.54, 1.807) is 0 Å². The van der Waals surface area contributed by atoms with Crippen molar-refractivity contribution in [2.24, 2.45) is 5.73 Å². The van der Waals surface area contributed by atoms with Gasteiger partial charge in [-0.1, -0.05) is 21.7 Å². The second kappa shape index (κ2) is 13.1. The molecule has 0 radical (unpaired) electrons. The number of nitrogens with zero attached hydrogens (tertiary/aromatic N) is 1. The van der Waals surface area contributed by atoms with Crippen molar-refractivity contribution in [2.75, 3.05) is 0 Å². The Kier molecular flexibility index (Phi) is 12.2. The average molecular weight is 422 g/mol. The van der Waals surface area contributed by atoms with Crippen molar-refractivity contribution in [2.45, 2.75) is 25.9 Å². The summed E-state index contributed by atoms with van der Waals surface area (Å²) in [6, 6.07) is 9.05. The molecule has 154 valence electrons. The Labute approximate surface area is 180 Å². The number of hydrogen-bond donors (Lipinski definition) is 1. The molecule has 0 aliphatic carbocycles. The van der Waals surface area contributed by atoms with Crippen LogP contribution in [-0.4, -0.2) is 14.3 Å². The summed E-state index contributed by atoms with van der Waals surface area (Å²) in [5.74, 6) is -1.62. The molecule has 0 fully saturated rings. The molecule has 0 aliphatic rings. The zero-order valence-corrected chi connectivity index (χ0v) is 16.5. The van der Waals surface area contributed by atoms with Crippen LogP contribution in [0, 0.1) is 24.6 Å². The fourth-order valence-corrected chi connectivity index (χ4v) is 2.12. The molecule has 0 aromatic heterocycles. The van der Waals surface area contributed by atoms with Crippen LogP contribution in [0.3, 0.4) is 0 Å². The van der Waals surface area contributed by atoms with E-state index in [1.807, 2.05) is 0 Å². The third kappa shape index (κ3) is 11.4. The van der Waals surface area contributed by atoms with Crippen molar-refractivity contribution in [3.8, 4) is 11.5 Å². The first-order valence-corrected chi connectivity index (χ1v) is 9.23. The van der Waals surface area contributed by atoms with Gasteiger partial charge in [0.1, 0.15) is 11.5 Å². The number of nitrogens with two attached hydrogens (primary N) is 1. The van der Waals surface area contributed by atoms with Crippen LogP contribution in [0.2, 0.25) is 0 Å². The molecule has 0 spiro atoms. The van der Waals surface area contributed by atoms with Crippen molar-refractivity contribution in [3.63, 3.8) is 0 Å². The fourth-order valence-electron chi connectivity index (χ4n) is 1.78. The summed E-state index contributed by atoms with van der Waals surface area (Å²) in [5, 5.41) is 8.35. The number of ether oxygens (including phenoxy) is 1. The first-order chi connectivity index (χ1) is 13.1. The van der Waals surface area contributed by atoms with E-state index in [-0.39, 0.29) is 48.4 Å². The van der Waals surface area contributed by atoms with E-state index in [4.69, 9.17) is 15.9 Å². The Morgan fingerprint density at radius 3 is 2.07 bits per heavy atom. The Balaban J connectivity index is 0.000000846. The summed E-state index contributed by atoms with van der Waals surface area (Å²) in [6.45, 7) is 3.21. The van der Waals surface area contributed by atoms with Crippen molar-refractivity contribution in [1.82, 2.24) is 0 Å². The second-order valence-corrected chi connectivity index (χ2v) is 6.27. The van der Waals surface area contributed by atoms with Gasteiger partial charge in [-0.2, -0.15) is 20.9 Å². The van der Waals surface area contributed by atoms with E-state index < -0.39 is 22.1 Å². The van der Waals surface area contributed by atoms with Gasteiger partial charge in [0.05, 0.1) is 6.61 Å². The third-order valence-corrected chi connectivity index (χ3v) is 3.47. The van der Waals surface area contributed by atoms with E-state index in [9.17, 15) is 21.1 Å². The molecule has 11 heteroatoms. The quantitative estimate of drug-likeness (QED) is 0.224. The Morgan fingerprint density at radius 2 is 1.66 bits per heavy atom. The first kappa shape index (κ1) is 26.8. The van der Waals surface area contributed by atoms with Crippen LogP contribution in [0.15, 0.2) is 36.4 Å². The molecule has 0 unspecified atom stereocenters. The number of unbranched alkanes of at least 4 members (excludes halogenated alkanes) is 1. The van der Waals surface area contributed by atoms with Crippen LogP contribution < -0.4 is 33.5 Å². The largest absolute Gasteiger partial charge is 1.00 e. The van der Waals surface area contributed by atoms with Crippen LogP contribution >= 0.6 is 0 Å². The summed E-state index contributed by atoms with van der Waals surface area (Å²) in [4.78, 5) is 0. The van der Waals surface area contributed by atoms with E-state index in [0.717, 1.165) is 37.1 Å². The van der Waals surface area contributed by atoms with Gasteiger partial charge in [0.15, 0.2) is 0 Å². The van der Waals surface area contributed by atoms with Crippen molar-refractivity contribution >= 4 is 16.3 Å². The van der Waals surface area contributed by atoms with Gasteiger partial charge in [0.25, 0.3) is 0 Å². The standard InChI is InChI=1S/C13H8F3O4S.C5H10N2.Li/c14-12-2-1-3-13(15)11(12)8-19-9-4-6-10(7-5-9)20-21(16,17)18;1-2-3-4-5(6)7;/h2-7H,8H2;1-4H2,(H2-,6,7);/q-1;-2;+1. The van der Waals surface area contributed by atoms with E-state index >= 15 is 0 Å². The van der Waals surface area contributed by atoms with Gasteiger partial charge in [0.2, 0.25) is 0 Å². The van der Waals surface area contributed by atoms with Gasteiger partial charge in [-0.3, -0.25) is 8.78 Å². The molecule has 2 aromatic rings. The van der Waals surface area contributed by atoms with Gasteiger partial charge >= 0.3 is 29.4 Å². The Bertz CT molecular complexity index is 861. The van der Waals surface area contributed by atoms with Gasteiger partial charge in [-0.05, 0) is 30.7 Å². The smallest absolute Gasteiger partial charge is 0.498 e. The van der Waals surface area contributed by atoms with Crippen LogP contribution in [0.5, 0.6) is 11.5 Å². The van der Waals surface area contributed by atoms with Gasteiger partial charge in [-0.15, -0.1) is 12.1 Å². The molecule has 0 aliphatic heterocycles. The van der Waals surface area contributed by atoms with Crippen LogP contribution in [0.4, 0.5) is 12.7 Å². The third-order valence-electron chi connectivity index (χ3n) is 3.08. The number of halogens is 3. The normalized spacial score (nSPS) is 10.2. The van der Waals surface area contributed by atoms with Crippen LogP contribution in [-0.2, 0) is 17.1 Å². The minimum absolute atomic E-state index is 0. The van der Waals surface area contributed by atoms with Crippen LogP contribution in [0.1, 0.15) is 24.8 Å². The number of amidine groups is 1. The summed E-state index contributed by atoms with van der Waals surface area (Å²) >= 11 is 0. The Hall–Kier alpha value is -2.15. The molecule has 2 aromatic carbocycles. The molecule has 29 heavy (non-hydrogen) atoms. The molecule has 0 saturated carbocycles. The van der Waals surface area contributed by atoms with Crippen LogP contribution in [0.25, 0.3) is 5.41 Å². The summed E-state index contributed by atoms with van der Waals surface area (Å²) in [6.07, 6.45) is 2.30. The molecule has 2 rings (SSSR count). The molecule has 0 saturated heterocycles. The predicted octanol–water partition coefficient (Wildman–Crippen LogP) is 0.858. The SMILES string of the molecule is O=S(=O)(F)Oc1ccc(OCc2c(F)c[c-]cc2F)cc1.[CH2-]CCCC(=[N-])N.[Li+]. The summed E-state index contributed by atoms with van der Waals surface area (Å²) in [5.41, 5.74) is 4.66. The molecule has 0 amide bonds. The maximum absolute atomic E-state index is 13.3. The minimum Gasteiger partial charge on any atom is -0.498 e. The monoisotopic (exact) mass is 422 g/mol. The molecule has 0 atom stereocenters. The number of benzene rings is 2. The predicted molar refractivity (Wildman–Crippen MR) is 98.4 cm³/mol. The van der Waals surface area contributed by atoms with Crippen molar-refractivity contribution in [3.05, 3.63) is 72.0 Å². The first-order valence-electron chi connectivity index (χ1n) is 7.92.